The van der Waals surface area contributed by atoms with Gasteiger partial charge in [-0.1, -0.05) is 49.2 Å². The number of halogens is 3. The molecule has 4 aromatic rings. The Bertz CT molecular complexity index is 1660. The van der Waals surface area contributed by atoms with Crippen molar-refractivity contribution in [3.8, 4) is 11.6 Å². The number of amides is 2. The van der Waals surface area contributed by atoms with Gasteiger partial charge in [-0.2, -0.15) is 9.67 Å². The average Bonchev–Trinajstić information content (AvgIpc) is 3.34. The van der Waals surface area contributed by atoms with Crippen LogP contribution in [0.5, 0.6) is 5.88 Å². The van der Waals surface area contributed by atoms with Crippen molar-refractivity contribution in [1.29, 1.82) is 0 Å². The molecule has 0 saturated carbocycles. The minimum atomic E-state index is -0.822. The van der Waals surface area contributed by atoms with Crippen molar-refractivity contribution in [2.75, 3.05) is 4.90 Å². The maximum absolute atomic E-state index is 14.8. The van der Waals surface area contributed by atoms with Crippen LogP contribution < -0.4 is 14.6 Å². The monoisotopic (exact) mass is 550 g/mol. The van der Waals surface area contributed by atoms with Gasteiger partial charge in [0.05, 0.1) is 27.1 Å². The number of aromatic nitrogens is 3. The van der Waals surface area contributed by atoms with Gasteiger partial charge in [-0.05, 0) is 55.1 Å². The number of rotatable bonds is 5. The Morgan fingerprint density at radius 1 is 1.00 bits per heavy atom. The number of hydrogen-bond donors (Lipinski definition) is 0. The first-order valence-electron chi connectivity index (χ1n) is 11.7. The fraction of sp³-hybridized carbons (Fsp3) is 0.143. The van der Waals surface area contributed by atoms with E-state index in [1.807, 2.05) is 26.8 Å². The molecular weight excluding hydrogens is 530 g/mol. The number of nitrogens with zero attached hydrogens (tertiary/aromatic N) is 4. The molecule has 0 N–H and O–H groups in total. The fourth-order valence-corrected chi connectivity index (χ4v) is 4.71. The van der Waals surface area contributed by atoms with Crippen molar-refractivity contribution < 1.29 is 23.7 Å². The van der Waals surface area contributed by atoms with Gasteiger partial charge < -0.3 is 5.11 Å². The molecule has 1 aliphatic heterocycles. The van der Waals surface area contributed by atoms with Crippen LogP contribution in [0, 0.1) is 12.7 Å². The summed E-state index contributed by atoms with van der Waals surface area (Å²) >= 11 is 12.2. The lowest BCUT2D eigenvalue weighted by Crippen LogP contribution is -2.40. The van der Waals surface area contributed by atoms with Gasteiger partial charge >= 0.3 is 5.91 Å². The van der Waals surface area contributed by atoms with Crippen molar-refractivity contribution in [3.05, 3.63) is 99.7 Å². The van der Waals surface area contributed by atoms with Crippen molar-refractivity contribution in [1.82, 2.24) is 9.78 Å². The molecule has 2 amide bonds. The predicted molar refractivity (Wildman–Crippen MR) is 140 cm³/mol. The summed E-state index contributed by atoms with van der Waals surface area (Å²) in [5.74, 6) is -3.26. The minimum absolute atomic E-state index is 0.0349. The number of carbonyl (C=O) groups is 2. The Hall–Kier alpha value is -4.01. The summed E-state index contributed by atoms with van der Waals surface area (Å²) in [6.07, 6.45) is 3.26. The van der Waals surface area contributed by atoms with E-state index in [9.17, 15) is 19.1 Å². The molecule has 0 aliphatic carbocycles. The highest BCUT2D eigenvalue weighted by Crippen LogP contribution is 2.41. The van der Waals surface area contributed by atoms with Crippen LogP contribution in [0.1, 0.15) is 36.6 Å². The van der Waals surface area contributed by atoms with Crippen LogP contribution >= 0.6 is 23.2 Å². The first-order chi connectivity index (χ1) is 18.1. The SMILES string of the molecule is Cc1ccc[n+](C2=C(c3c(C(C)C)nn(-c4ccc(Cl)c(Cl)c4)c3[O-])C(=O)N(c3ccccc3F)C2=O)c1. The van der Waals surface area contributed by atoms with Gasteiger partial charge in [0.25, 0.3) is 11.6 Å². The standard InChI is InChI=1S/C28H21Cl2FN4O3/c1-15(2)24-22(27(37)35(32-24)17-10-11-18(29)19(30)13-17)23-25(33-12-6-7-16(3)14-33)28(38)34(26(23)36)21-9-5-4-8-20(21)31/h4-15H,1-3H3. The number of hydrogen-bond acceptors (Lipinski definition) is 4. The van der Waals surface area contributed by atoms with Crippen LogP contribution in [0.3, 0.4) is 0 Å². The van der Waals surface area contributed by atoms with E-state index in [1.54, 1.807) is 24.5 Å². The quantitative estimate of drug-likeness (QED) is 0.257. The predicted octanol–water partition coefficient (Wildman–Crippen LogP) is 5.05. The second-order valence-corrected chi connectivity index (χ2v) is 9.95. The molecule has 3 heterocycles. The average molecular weight is 551 g/mol. The van der Waals surface area contributed by atoms with Crippen LogP contribution in [0.2, 0.25) is 10.0 Å². The molecule has 10 heteroatoms. The summed E-state index contributed by atoms with van der Waals surface area (Å²) in [6, 6.07) is 13.6. The minimum Gasteiger partial charge on any atom is -0.858 e. The summed E-state index contributed by atoms with van der Waals surface area (Å²) in [5, 5.41) is 19.0. The second kappa shape index (κ2) is 9.70. The van der Waals surface area contributed by atoms with E-state index in [0.717, 1.165) is 21.2 Å². The highest BCUT2D eigenvalue weighted by Gasteiger charge is 2.48. The number of imide groups is 1. The zero-order valence-electron chi connectivity index (χ0n) is 20.6. The zero-order valence-corrected chi connectivity index (χ0v) is 22.1. The molecule has 0 unspecified atom stereocenters. The lowest BCUT2D eigenvalue weighted by atomic mass is 9.98. The highest BCUT2D eigenvalue weighted by atomic mass is 35.5. The van der Waals surface area contributed by atoms with Gasteiger partial charge in [-0.3, -0.25) is 9.59 Å². The van der Waals surface area contributed by atoms with E-state index in [4.69, 9.17) is 23.2 Å². The first kappa shape index (κ1) is 25.6. The topological polar surface area (TPSA) is 82.1 Å². The van der Waals surface area contributed by atoms with Gasteiger partial charge in [-0.15, -0.1) is 0 Å². The van der Waals surface area contributed by atoms with E-state index >= 15 is 0 Å². The molecule has 0 atom stereocenters. The molecule has 0 spiro atoms. The number of para-hydroxylation sites is 1. The number of pyridine rings is 1. The summed E-state index contributed by atoms with van der Waals surface area (Å²) in [5.41, 5.74) is 0.973. The second-order valence-electron chi connectivity index (χ2n) is 9.14. The molecule has 0 bridgehead atoms. The van der Waals surface area contributed by atoms with Crippen LogP contribution in [-0.4, -0.2) is 21.6 Å². The molecule has 2 aromatic carbocycles. The van der Waals surface area contributed by atoms with Gasteiger partial charge in [-0.25, -0.2) is 14.0 Å². The Morgan fingerprint density at radius 3 is 2.39 bits per heavy atom. The molecule has 0 radical (unpaired) electrons. The first-order valence-corrected chi connectivity index (χ1v) is 12.5. The fourth-order valence-electron chi connectivity index (χ4n) is 4.42. The van der Waals surface area contributed by atoms with E-state index < -0.39 is 23.5 Å². The number of anilines is 1. The third-order valence-electron chi connectivity index (χ3n) is 6.17. The zero-order chi connectivity index (χ0) is 27.3. The van der Waals surface area contributed by atoms with E-state index in [1.165, 1.54) is 34.9 Å². The maximum Gasteiger partial charge on any atom is 0.331 e. The maximum atomic E-state index is 14.8. The van der Waals surface area contributed by atoms with Crippen molar-refractivity contribution in [2.45, 2.75) is 26.7 Å². The molecule has 192 valence electrons. The highest BCUT2D eigenvalue weighted by molar-refractivity contribution is 6.53. The van der Waals surface area contributed by atoms with Crippen molar-refractivity contribution in [2.24, 2.45) is 0 Å². The van der Waals surface area contributed by atoms with Gasteiger partial charge in [0.15, 0.2) is 12.4 Å². The Labute approximate surface area is 228 Å². The number of carbonyl (C=O) groups excluding carboxylic acids is 2. The number of aryl methyl sites for hydroxylation is 1. The molecule has 38 heavy (non-hydrogen) atoms. The summed E-state index contributed by atoms with van der Waals surface area (Å²) in [7, 11) is 0. The Kier molecular flexibility index (Phi) is 6.54. The molecule has 7 nitrogen and oxygen atoms in total. The number of benzene rings is 2. The molecule has 1 aliphatic rings. The van der Waals surface area contributed by atoms with Crippen molar-refractivity contribution in [3.63, 3.8) is 0 Å². The van der Waals surface area contributed by atoms with Gasteiger partial charge in [0.2, 0.25) is 0 Å². The molecule has 5 rings (SSSR count). The summed E-state index contributed by atoms with van der Waals surface area (Å²) in [4.78, 5) is 28.5. The third kappa shape index (κ3) is 4.15. The van der Waals surface area contributed by atoms with Crippen LogP contribution in [0.25, 0.3) is 17.0 Å². The Balaban J connectivity index is 1.81. The lowest BCUT2D eigenvalue weighted by molar-refractivity contribution is -0.577. The van der Waals surface area contributed by atoms with Crippen molar-refractivity contribution >= 4 is 52.0 Å². The van der Waals surface area contributed by atoms with Crippen LogP contribution in [0.4, 0.5) is 10.1 Å². The molecular formula is C28H21Cl2FN4O3. The van der Waals surface area contributed by atoms with Crippen LogP contribution in [-0.2, 0) is 9.59 Å². The summed E-state index contributed by atoms with van der Waals surface area (Å²) < 4.78 is 17.4. The molecule has 0 saturated heterocycles. The third-order valence-corrected chi connectivity index (χ3v) is 6.91. The smallest absolute Gasteiger partial charge is 0.331 e. The Morgan fingerprint density at radius 2 is 1.74 bits per heavy atom. The van der Waals surface area contributed by atoms with Crippen LogP contribution in [0.15, 0.2) is 67.0 Å². The van der Waals surface area contributed by atoms with E-state index in [-0.39, 0.29) is 33.5 Å². The van der Waals surface area contributed by atoms with E-state index in [2.05, 4.69) is 5.10 Å². The van der Waals surface area contributed by atoms with E-state index in [0.29, 0.717) is 16.4 Å². The largest absolute Gasteiger partial charge is 0.858 e. The lowest BCUT2D eigenvalue weighted by Gasteiger charge is -2.16. The normalized spacial score (nSPS) is 13.8. The molecule has 2 aromatic heterocycles. The summed E-state index contributed by atoms with van der Waals surface area (Å²) in [6.45, 7) is 5.47. The van der Waals surface area contributed by atoms with Gasteiger partial charge in [0, 0.05) is 17.2 Å². The molecule has 0 fully saturated rings. The van der Waals surface area contributed by atoms with Gasteiger partial charge in [0.1, 0.15) is 11.4 Å².